The molecule has 0 amide bonds. The van der Waals surface area contributed by atoms with Crippen molar-refractivity contribution < 1.29 is 32.6 Å². The van der Waals surface area contributed by atoms with Crippen molar-refractivity contribution >= 4 is 21.3 Å². The summed E-state index contributed by atoms with van der Waals surface area (Å²) in [4.78, 5) is 31.9. The molecule has 0 bridgehead atoms. The van der Waals surface area contributed by atoms with Crippen LogP contribution < -0.4 is 20.0 Å². The lowest BCUT2D eigenvalue weighted by Crippen LogP contribution is -2.19. The topological polar surface area (TPSA) is 134 Å². The van der Waals surface area contributed by atoms with Crippen molar-refractivity contribution in [2.75, 3.05) is 18.5 Å². The Morgan fingerprint density at radius 1 is 0.909 bits per heavy atom. The summed E-state index contributed by atoms with van der Waals surface area (Å²) in [6, 6.07) is 18.7. The van der Waals surface area contributed by atoms with Gasteiger partial charge in [-0.3, -0.25) is 8.88 Å². The van der Waals surface area contributed by atoms with Gasteiger partial charge in [0.15, 0.2) is 0 Å². The van der Waals surface area contributed by atoms with Crippen LogP contribution >= 0.6 is 15.6 Å². The van der Waals surface area contributed by atoms with E-state index in [1.807, 2.05) is 25.1 Å². The molecule has 10 heteroatoms. The minimum Gasteiger partial charge on any atom is -0.790 e. The molecule has 0 heterocycles. The zero-order valence-electron chi connectivity index (χ0n) is 18.6. The van der Waals surface area contributed by atoms with Crippen LogP contribution in [0.3, 0.4) is 0 Å². The van der Waals surface area contributed by atoms with Crippen LogP contribution in [-0.4, -0.2) is 13.2 Å². The van der Waals surface area contributed by atoms with E-state index in [9.17, 15) is 23.8 Å². The Labute approximate surface area is 194 Å². The maximum atomic E-state index is 11.2. The number of hydrogen-bond donors (Lipinski definition) is 1. The van der Waals surface area contributed by atoms with Crippen molar-refractivity contribution in [2.45, 2.75) is 33.1 Å². The lowest BCUT2D eigenvalue weighted by Gasteiger charge is -2.34. The van der Waals surface area contributed by atoms with Crippen LogP contribution in [0.4, 0.5) is 5.69 Å². The van der Waals surface area contributed by atoms with Gasteiger partial charge in [-0.2, -0.15) is 0 Å². The van der Waals surface area contributed by atoms with Gasteiger partial charge in [0.25, 0.3) is 7.82 Å². The molecule has 1 atom stereocenters. The van der Waals surface area contributed by atoms with Gasteiger partial charge in [-0.25, -0.2) is 0 Å². The third-order valence-electron chi connectivity index (χ3n) is 4.67. The fourth-order valence-electron chi connectivity index (χ4n) is 2.95. The van der Waals surface area contributed by atoms with Crippen LogP contribution in [0, 0.1) is 0 Å². The Morgan fingerprint density at radius 3 is 2.18 bits per heavy atom. The molecule has 0 radical (unpaired) electrons. The van der Waals surface area contributed by atoms with Crippen LogP contribution in [0.1, 0.15) is 37.8 Å². The molecular weight excluding hydrogens is 464 g/mol. The van der Waals surface area contributed by atoms with Gasteiger partial charge >= 0.3 is 0 Å². The number of phosphoric acid groups is 2. The number of allylic oxidation sites excluding steroid dienone is 2. The van der Waals surface area contributed by atoms with Crippen LogP contribution in [0.5, 0.6) is 0 Å². The molecule has 0 aliphatic rings. The van der Waals surface area contributed by atoms with Crippen LogP contribution in [0.2, 0.25) is 0 Å². The summed E-state index contributed by atoms with van der Waals surface area (Å²) < 4.78 is 29.3. The van der Waals surface area contributed by atoms with E-state index in [4.69, 9.17) is 0 Å². The fourth-order valence-corrected chi connectivity index (χ4v) is 4.38. The predicted molar refractivity (Wildman–Crippen MR) is 123 cm³/mol. The average Bonchev–Trinajstić information content (AvgIpc) is 2.72. The maximum Gasteiger partial charge on any atom is 0.272 e. The largest absolute Gasteiger partial charge is 0.790 e. The van der Waals surface area contributed by atoms with E-state index in [-0.39, 0.29) is 0 Å². The summed E-state index contributed by atoms with van der Waals surface area (Å²) in [6.07, 6.45) is 5.89. The number of anilines is 1. The summed E-state index contributed by atoms with van der Waals surface area (Å²) in [5, 5.41) is 3.39. The van der Waals surface area contributed by atoms with Crippen molar-refractivity contribution in [3.05, 3.63) is 89.0 Å². The molecule has 8 nitrogen and oxygen atoms in total. The van der Waals surface area contributed by atoms with Crippen LogP contribution in [0.15, 0.2) is 77.9 Å². The Kier molecular flexibility index (Phi) is 10.7. The van der Waals surface area contributed by atoms with Crippen molar-refractivity contribution in [3.8, 4) is 0 Å². The van der Waals surface area contributed by atoms with E-state index in [0.29, 0.717) is 13.0 Å². The molecular formula is C23H28NO7P2-3. The van der Waals surface area contributed by atoms with Gasteiger partial charge in [0.05, 0.1) is 14.4 Å². The maximum absolute atomic E-state index is 11.2. The molecule has 0 saturated carbocycles. The van der Waals surface area contributed by atoms with Crippen LogP contribution in [0.25, 0.3) is 0 Å². The molecule has 1 N–H and O–H groups in total. The first-order valence-corrected chi connectivity index (χ1v) is 13.3. The van der Waals surface area contributed by atoms with E-state index < -0.39 is 22.3 Å². The Balaban J connectivity index is 1.70. The monoisotopic (exact) mass is 492 g/mol. The van der Waals surface area contributed by atoms with E-state index >= 15 is 0 Å². The summed E-state index contributed by atoms with van der Waals surface area (Å²) >= 11 is 0. The highest BCUT2D eigenvalue weighted by atomic mass is 31.3. The number of rotatable bonds is 13. The van der Waals surface area contributed by atoms with E-state index in [1.54, 1.807) is 6.92 Å². The van der Waals surface area contributed by atoms with E-state index in [1.165, 1.54) is 17.2 Å². The molecule has 0 fully saturated rings. The van der Waals surface area contributed by atoms with Crippen molar-refractivity contribution in [2.24, 2.45) is 0 Å². The average molecular weight is 492 g/mol. The summed E-state index contributed by atoms with van der Waals surface area (Å²) in [5.74, 6) is 0. The minimum absolute atomic E-state index is 0.406. The van der Waals surface area contributed by atoms with Gasteiger partial charge in [-0.1, -0.05) is 65.8 Å². The normalized spacial score (nSPS) is 14.7. The number of phosphoric ester groups is 1. The smallest absolute Gasteiger partial charge is 0.272 e. The Morgan fingerprint density at radius 2 is 1.55 bits per heavy atom. The molecule has 0 aliphatic carbocycles. The van der Waals surface area contributed by atoms with Crippen molar-refractivity contribution in [3.63, 3.8) is 0 Å². The first-order valence-electron chi connectivity index (χ1n) is 10.4. The van der Waals surface area contributed by atoms with Crippen molar-refractivity contribution in [1.82, 2.24) is 0 Å². The second-order valence-corrected chi connectivity index (χ2v) is 10.3. The van der Waals surface area contributed by atoms with E-state index in [2.05, 4.69) is 56.6 Å². The zero-order chi connectivity index (χ0) is 24.3. The van der Waals surface area contributed by atoms with Gasteiger partial charge < -0.3 is 29.1 Å². The van der Waals surface area contributed by atoms with Gasteiger partial charge in [0.2, 0.25) is 0 Å². The quantitative estimate of drug-likeness (QED) is 0.331. The highest BCUT2D eigenvalue weighted by Gasteiger charge is 2.10. The highest BCUT2D eigenvalue weighted by Crippen LogP contribution is 2.50. The molecule has 0 spiro atoms. The van der Waals surface area contributed by atoms with Gasteiger partial charge in [-0.05, 0) is 56.4 Å². The molecule has 2 rings (SSSR count). The molecule has 180 valence electrons. The fraction of sp³-hybridized carbons (Fsp3) is 0.304. The standard InChI is InChI=1S/C23H31NO7P2/c1-19(15-16-30-33(28,29)31-32(25,26)27)7-6-8-20(2)18-24-23-13-11-22(12-14-23)17-21-9-4-3-5-10-21/h3-5,8-15,24H,6-7,16-18H2,1-2H3,(H,28,29)(H2,25,26,27)/p-3/b19-15+,20-8+. The molecule has 0 aliphatic heterocycles. The Bertz CT molecular complexity index is 1030. The Hall–Kier alpha value is -2.02. The summed E-state index contributed by atoms with van der Waals surface area (Å²) in [5.41, 5.74) is 5.58. The van der Waals surface area contributed by atoms with Gasteiger partial charge in [0, 0.05) is 12.2 Å². The first kappa shape index (κ1) is 27.2. The molecule has 1 unspecified atom stereocenters. The zero-order valence-corrected chi connectivity index (χ0v) is 20.4. The summed E-state index contributed by atoms with van der Waals surface area (Å²) in [7, 11) is -10.8. The molecule has 2 aromatic rings. The minimum atomic E-state index is -5.66. The molecule has 2 aromatic carbocycles. The molecule has 0 saturated heterocycles. The lowest BCUT2D eigenvalue weighted by atomic mass is 10.0. The third-order valence-corrected chi connectivity index (χ3v) is 6.74. The number of benzene rings is 2. The van der Waals surface area contributed by atoms with E-state index in [0.717, 1.165) is 29.7 Å². The predicted octanol–water partition coefficient (Wildman–Crippen LogP) is 3.69. The van der Waals surface area contributed by atoms with Gasteiger partial charge in [0.1, 0.15) is 0 Å². The van der Waals surface area contributed by atoms with Gasteiger partial charge in [-0.15, -0.1) is 0 Å². The molecule has 33 heavy (non-hydrogen) atoms. The van der Waals surface area contributed by atoms with Crippen molar-refractivity contribution in [1.29, 1.82) is 0 Å². The van der Waals surface area contributed by atoms with Crippen LogP contribution in [-0.2, 0) is 24.4 Å². The SMILES string of the molecule is C/C(=C\COP(=O)([O-])OP(=O)([O-])[O-])CC/C=C(\C)CNc1ccc(Cc2ccccc2)cc1. The summed E-state index contributed by atoms with van der Waals surface area (Å²) in [6.45, 7) is 4.11. The first-order chi connectivity index (χ1) is 15.5. The number of nitrogens with one attached hydrogen (secondary N) is 1. The highest BCUT2D eigenvalue weighted by molar-refractivity contribution is 7.58. The third kappa shape index (κ3) is 12.1. The second-order valence-electron chi connectivity index (χ2n) is 7.62. The second kappa shape index (κ2) is 13.0. The number of hydrogen-bond acceptors (Lipinski definition) is 8. The molecule has 0 aromatic heterocycles. The lowest BCUT2D eigenvalue weighted by molar-refractivity contribution is -0.339.